The van der Waals surface area contributed by atoms with Gasteiger partial charge in [0, 0.05) is 11.9 Å². The fourth-order valence-corrected chi connectivity index (χ4v) is 3.26. The predicted octanol–water partition coefficient (Wildman–Crippen LogP) is 5.34. The molecule has 26 heavy (non-hydrogen) atoms. The Morgan fingerprint density at radius 1 is 1.08 bits per heavy atom. The van der Waals surface area contributed by atoms with E-state index in [2.05, 4.69) is 90.8 Å². The van der Waals surface area contributed by atoms with Gasteiger partial charge in [-0.25, -0.2) is 4.98 Å². The summed E-state index contributed by atoms with van der Waals surface area (Å²) in [6.07, 6.45) is 1.84. The molecule has 0 amide bonds. The first-order valence-corrected chi connectivity index (χ1v) is 8.60. The molecule has 0 spiro atoms. The largest absolute Gasteiger partial charge is 0.498 e. The Hall–Kier alpha value is -3.81. The van der Waals surface area contributed by atoms with Crippen LogP contribution in [-0.4, -0.2) is 11.0 Å². The Bertz CT molecular complexity index is 907. The van der Waals surface area contributed by atoms with Crippen LogP contribution in [0.3, 0.4) is 0 Å². The maximum absolute atomic E-state index is 4.60. The number of fused-ring (bicyclic) bond motifs is 1. The number of nitrogens with zero attached hydrogens (tertiary/aromatic N) is 3. The fraction of sp³-hybridized carbons (Fsp3) is 0.182. The molecule has 0 atom stereocenters. The summed E-state index contributed by atoms with van der Waals surface area (Å²) in [5.41, 5.74) is 5.85. The summed E-state index contributed by atoms with van der Waals surface area (Å²) in [7, 11) is 0. The molecule has 0 saturated heterocycles. The first kappa shape index (κ1) is 17.0. The van der Waals surface area contributed by atoms with Crippen molar-refractivity contribution in [1.29, 1.82) is 0 Å². The van der Waals surface area contributed by atoms with Crippen LogP contribution in [0.5, 0.6) is 0 Å². The zero-order valence-corrected chi connectivity index (χ0v) is 17.2. The average molecular weight is 589 g/mol. The Labute approximate surface area is 149 Å². The third-order valence-corrected chi connectivity index (χ3v) is 4.57. The van der Waals surface area contributed by atoms with Crippen LogP contribution >= 0.6 is 0 Å². The number of aryl methyl sites for hydroxylation is 1. The maximum atomic E-state index is 4.60. The number of hydrogen-bond donors (Lipinski definition) is 0. The Morgan fingerprint density at radius 3 is 2.65 bits per heavy atom. The second kappa shape index (κ2) is 6.60. The van der Waals surface area contributed by atoms with E-state index in [1.165, 1.54) is 16.7 Å². The van der Waals surface area contributed by atoms with E-state index in [-0.39, 0.29) is 0 Å². The van der Waals surface area contributed by atoms with E-state index in [0.29, 0.717) is 6.04 Å². The van der Waals surface area contributed by atoms with Crippen LogP contribution in [0, 0.1) is 19.7 Å². The van der Waals surface area contributed by atoms with Crippen molar-refractivity contribution < 1.29 is 0 Å². The summed E-state index contributed by atoms with van der Waals surface area (Å²) < 4.78 is 0. The van der Waals surface area contributed by atoms with Gasteiger partial charge in [0.1, 0.15) is 5.82 Å². The van der Waals surface area contributed by atoms with Gasteiger partial charge in [-0.05, 0) is 50.1 Å². The molecule has 3 aromatic rings. The van der Waals surface area contributed by atoms with Gasteiger partial charge >= 0.3 is 0 Å². The van der Waals surface area contributed by atoms with Crippen LogP contribution < -0.4 is 9.80 Å². The molecular weight excluding hydrogens is 568 g/mol. The molecular formula is C22H21LrN3-2. The van der Waals surface area contributed by atoms with Gasteiger partial charge in [-0.15, -0.1) is 24.0 Å². The number of pyridine rings is 1. The molecule has 2 heterocycles. The van der Waals surface area contributed by atoms with Crippen LogP contribution in [0.4, 0.5) is 17.2 Å². The molecule has 1 aromatic heterocycles. The Morgan fingerprint density at radius 2 is 1.88 bits per heavy atom. The second-order valence-electron chi connectivity index (χ2n) is 6.61. The molecule has 4 rings (SSSR count). The zero-order chi connectivity index (χ0) is 17.4. The van der Waals surface area contributed by atoms with Crippen molar-refractivity contribution >= 4 is 17.2 Å². The van der Waals surface area contributed by atoms with E-state index in [9.17, 15) is 0 Å². The van der Waals surface area contributed by atoms with Crippen molar-refractivity contribution in [3.05, 3.63) is 79.1 Å². The molecule has 0 unspecified atom stereocenters. The van der Waals surface area contributed by atoms with Crippen molar-refractivity contribution in [2.75, 3.05) is 9.80 Å². The number of rotatable bonds is 3. The van der Waals surface area contributed by atoms with Crippen LogP contribution in [-0.2, 0) is 0 Å². The topological polar surface area (TPSA) is 19.4 Å². The van der Waals surface area contributed by atoms with Crippen LogP contribution in [0.2, 0.25) is 0 Å². The predicted molar refractivity (Wildman–Crippen MR) is 104 cm³/mol. The Balaban J connectivity index is 0.00000196. The molecule has 2 aromatic carbocycles. The van der Waals surface area contributed by atoms with E-state index in [0.717, 1.165) is 17.2 Å². The van der Waals surface area contributed by atoms with E-state index in [1.807, 2.05) is 18.3 Å². The van der Waals surface area contributed by atoms with Gasteiger partial charge in [0.25, 0.3) is 0 Å². The second-order valence-corrected chi connectivity index (χ2v) is 6.61. The summed E-state index contributed by atoms with van der Waals surface area (Å²) >= 11 is 0. The summed E-state index contributed by atoms with van der Waals surface area (Å²) in [6, 6.07) is 22.6. The molecule has 0 saturated carbocycles. The average Bonchev–Trinajstić information content (AvgIpc) is 3.02. The molecule has 1 aliphatic rings. The van der Waals surface area contributed by atoms with E-state index >= 15 is 0 Å². The minimum atomic E-state index is 0. The number of hydrogen-bond acceptors (Lipinski definition) is 3. The first-order valence-electron chi connectivity index (χ1n) is 8.60. The van der Waals surface area contributed by atoms with Crippen molar-refractivity contribution in [3.63, 3.8) is 0 Å². The summed E-state index contributed by atoms with van der Waals surface area (Å²) in [4.78, 5) is 8.97. The van der Waals surface area contributed by atoms with Gasteiger partial charge in [-0.2, -0.15) is 18.2 Å². The SMILES string of the molecule is Cc1ccccc1-c1cc[c-]c(N2[CH-]N(C(C)C)c3cccnc32)c1.[Lr]. The molecule has 141 valence electrons. The first-order chi connectivity index (χ1) is 12.1. The Kier molecular flexibility index (Phi) is 4.32. The monoisotopic (exact) mass is 589 g/mol. The molecule has 1 radical (unpaired) electrons. The maximum Gasteiger partial charge on any atom is 0.124 e. The number of benzene rings is 2. The van der Waals surface area contributed by atoms with Gasteiger partial charge in [0.15, 0.2) is 0 Å². The van der Waals surface area contributed by atoms with Crippen molar-refractivity contribution in [3.8, 4) is 11.1 Å². The van der Waals surface area contributed by atoms with Crippen molar-refractivity contribution in [2.24, 2.45) is 0 Å². The molecule has 0 aliphatic carbocycles. The van der Waals surface area contributed by atoms with Crippen LogP contribution in [0.25, 0.3) is 11.1 Å². The molecule has 4 heteroatoms. The van der Waals surface area contributed by atoms with Gasteiger partial charge in [0.2, 0.25) is 0 Å². The van der Waals surface area contributed by atoms with E-state index < -0.39 is 0 Å². The molecule has 1 aliphatic heterocycles. The van der Waals surface area contributed by atoms with Crippen molar-refractivity contribution in [1.82, 2.24) is 4.98 Å². The minimum Gasteiger partial charge on any atom is -0.498 e. The quantitative estimate of drug-likeness (QED) is 0.385. The van der Waals surface area contributed by atoms with E-state index in [4.69, 9.17) is 0 Å². The fourth-order valence-electron chi connectivity index (χ4n) is 3.26. The van der Waals surface area contributed by atoms with Gasteiger partial charge < -0.3 is 9.80 Å². The van der Waals surface area contributed by atoms with E-state index in [1.54, 1.807) is 0 Å². The molecule has 3 nitrogen and oxygen atoms in total. The minimum absolute atomic E-state index is 0. The number of anilines is 3. The molecule has 0 fully saturated rings. The van der Waals surface area contributed by atoms with Gasteiger partial charge in [-0.1, -0.05) is 24.3 Å². The zero-order valence-electron chi connectivity index (χ0n) is 15.0. The standard InChI is InChI=1S/C22H21N3.Lr/c1-16(2)24-15-25(22-21(24)12-7-13-23-22)19-10-6-9-18(14-19)20-11-5-4-8-17(20)3;/h4-9,11-16H,1-3H3;/q-2;. The van der Waals surface area contributed by atoms with Crippen LogP contribution in [0.1, 0.15) is 19.4 Å². The smallest absolute Gasteiger partial charge is 0.124 e. The van der Waals surface area contributed by atoms with Gasteiger partial charge in [0.05, 0.1) is 0 Å². The summed E-state index contributed by atoms with van der Waals surface area (Å²) in [6.45, 7) is 8.63. The number of aromatic nitrogens is 1. The normalized spacial score (nSPS) is 12.9. The molecule has 0 N–H and O–H groups in total. The third kappa shape index (κ3) is 2.73. The molecule has 0 bridgehead atoms. The summed E-state index contributed by atoms with van der Waals surface area (Å²) in [5, 5.41) is 0. The third-order valence-electron chi connectivity index (χ3n) is 4.57. The van der Waals surface area contributed by atoms with Crippen LogP contribution in [0.15, 0.2) is 60.8 Å². The van der Waals surface area contributed by atoms with Gasteiger partial charge in [-0.3, -0.25) is 0 Å². The summed E-state index contributed by atoms with van der Waals surface area (Å²) in [5.74, 6) is 0.953. The van der Waals surface area contributed by atoms with Crippen molar-refractivity contribution in [2.45, 2.75) is 26.8 Å².